The number of nitrogens with one attached hydrogen (secondary N) is 1. The average Bonchev–Trinajstić information content (AvgIpc) is 2.70. The molecule has 0 unspecified atom stereocenters. The molecule has 2 N–H and O–H groups in total. The number of urea groups is 1. The van der Waals surface area contributed by atoms with Gasteiger partial charge in [-0.1, -0.05) is 11.6 Å². The fourth-order valence-electron chi connectivity index (χ4n) is 1.65. The van der Waals surface area contributed by atoms with Gasteiger partial charge in [0, 0.05) is 17.0 Å². The Morgan fingerprint density at radius 2 is 2.05 bits per heavy atom. The summed E-state index contributed by atoms with van der Waals surface area (Å²) in [7, 11) is 0. The van der Waals surface area contributed by atoms with E-state index in [1.807, 2.05) is 26.8 Å². The first-order valence-electron chi connectivity index (χ1n) is 6.21. The van der Waals surface area contributed by atoms with Crippen LogP contribution in [0.3, 0.4) is 0 Å². The highest BCUT2D eigenvalue weighted by atomic mass is 35.5. The molecule has 0 saturated heterocycles. The van der Waals surface area contributed by atoms with E-state index in [4.69, 9.17) is 16.7 Å². The molecule has 0 bridgehead atoms. The Morgan fingerprint density at radius 1 is 1.40 bits per heavy atom. The lowest BCUT2D eigenvalue weighted by Crippen LogP contribution is -2.50. The van der Waals surface area contributed by atoms with Crippen LogP contribution in [-0.4, -0.2) is 34.1 Å². The number of hydrogen-bond donors (Lipinski definition) is 2. The van der Waals surface area contributed by atoms with Crippen molar-refractivity contribution in [1.82, 2.24) is 10.2 Å². The zero-order valence-corrected chi connectivity index (χ0v) is 13.3. The number of carbonyl (C=O) groups excluding carboxylic acids is 1. The number of carbonyl (C=O) groups is 2. The lowest BCUT2D eigenvalue weighted by Gasteiger charge is -2.35. The van der Waals surface area contributed by atoms with Gasteiger partial charge in [-0.05, 0) is 32.9 Å². The van der Waals surface area contributed by atoms with Crippen molar-refractivity contribution in [2.24, 2.45) is 0 Å². The lowest BCUT2D eigenvalue weighted by atomic mass is 10.1. The van der Waals surface area contributed by atoms with E-state index >= 15 is 0 Å². The molecular formula is C13H19ClN2O3S. The highest BCUT2D eigenvalue weighted by molar-refractivity contribution is 7.16. The second-order valence-electron chi connectivity index (χ2n) is 5.33. The topological polar surface area (TPSA) is 69.6 Å². The van der Waals surface area contributed by atoms with Crippen LogP contribution in [0.1, 0.15) is 32.1 Å². The van der Waals surface area contributed by atoms with Crippen LogP contribution in [0.5, 0.6) is 0 Å². The van der Waals surface area contributed by atoms with Crippen molar-refractivity contribution >= 4 is 34.9 Å². The molecule has 112 valence electrons. The van der Waals surface area contributed by atoms with Crippen molar-refractivity contribution in [3.63, 3.8) is 0 Å². The van der Waals surface area contributed by atoms with E-state index in [0.29, 0.717) is 10.9 Å². The molecular weight excluding hydrogens is 300 g/mol. The Kier molecular flexibility index (Phi) is 5.83. The van der Waals surface area contributed by atoms with Crippen molar-refractivity contribution in [3.05, 3.63) is 21.3 Å². The van der Waals surface area contributed by atoms with Crippen LogP contribution in [0.2, 0.25) is 4.34 Å². The Balaban J connectivity index is 2.61. The summed E-state index contributed by atoms with van der Waals surface area (Å²) in [6, 6.07) is 3.36. The molecule has 1 rings (SSSR count). The van der Waals surface area contributed by atoms with E-state index in [9.17, 15) is 9.59 Å². The van der Waals surface area contributed by atoms with Gasteiger partial charge in [0.15, 0.2) is 0 Å². The van der Waals surface area contributed by atoms with Gasteiger partial charge >= 0.3 is 12.0 Å². The van der Waals surface area contributed by atoms with Crippen LogP contribution in [0.25, 0.3) is 0 Å². The Labute approximate surface area is 127 Å². The molecule has 0 aliphatic rings. The van der Waals surface area contributed by atoms with Gasteiger partial charge in [0.2, 0.25) is 0 Å². The first-order valence-corrected chi connectivity index (χ1v) is 7.41. The highest BCUT2D eigenvalue weighted by Gasteiger charge is 2.26. The van der Waals surface area contributed by atoms with Crippen LogP contribution in [-0.2, 0) is 11.3 Å². The molecule has 20 heavy (non-hydrogen) atoms. The quantitative estimate of drug-likeness (QED) is 0.876. The van der Waals surface area contributed by atoms with Gasteiger partial charge in [-0.15, -0.1) is 11.3 Å². The van der Waals surface area contributed by atoms with Crippen molar-refractivity contribution in [3.8, 4) is 0 Å². The summed E-state index contributed by atoms with van der Waals surface area (Å²) in [4.78, 5) is 25.3. The zero-order valence-electron chi connectivity index (χ0n) is 11.8. The van der Waals surface area contributed by atoms with Crippen LogP contribution in [0, 0.1) is 0 Å². The van der Waals surface area contributed by atoms with Gasteiger partial charge in [0.1, 0.15) is 0 Å². The summed E-state index contributed by atoms with van der Waals surface area (Å²) in [5, 5.41) is 11.5. The van der Waals surface area contributed by atoms with Crippen molar-refractivity contribution in [2.75, 3.05) is 6.54 Å². The number of thiophene rings is 1. The van der Waals surface area contributed by atoms with Crippen LogP contribution < -0.4 is 5.32 Å². The van der Waals surface area contributed by atoms with Crippen LogP contribution in [0.15, 0.2) is 12.1 Å². The summed E-state index contributed by atoms with van der Waals surface area (Å²) < 4.78 is 0.674. The van der Waals surface area contributed by atoms with E-state index in [-0.39, 0.29) is 19.0 Å². The van der Waals surface area contributed by atoms with E-state index in [0.717, 1.165) is 4.88 Å². The molecule has 2 amide bonds. The van der Waals surface area contributed by atoms with Crippen molar-refractivity contribution in [1.29, 1.82) is 0 Å². The van der Waals surface area contributed by atoms with Gasteiger partial charge < -0.3 is 15.3 Å². The minimum atomic E-state index is -0.919. The summed E-state index contributed by atoms with van der Waals surface area (Å²) in [6.07, 6.45) is -0.0739. The molecule has 0 radical (unpaired) electrons. The zero-order chi connectivity index (χ0) is 15.3. The number of rotatable bonds is 5. The Bertz CT molecular complexity index is 482. The number of hydrogen-bond acceptors (Lipinski definition) is 3. The minimum absolute atomic E-state index is 0.0739. The lowest BCUT2D eigenvalue weighted by molar-refractivity contribution is -0.137. The number of carboxylic acids is 1. The smallest absolute Gasteiger partial charge is 0.318 e. The first kappa shape index (κ1) is 16.8. The maximum Gasteiger partial charge on any atom is 0.318 e. The summed E-state index contributed by atoms with van der Waals surface area (Å²) in [5.74, 6) is -0.919. The third-order valence-corrected chi connectivity index (χ3v) is 3.88. The van der Waals surface area contributed by atoms with E-state index in [1.54, 1.807) is 6.07 Å². The van der Waals surface area contributed by atoms with Gasteiger partial charge in [-0.3, -0.25) is 4.79 Å². The normalized spacial score (nSPS) is 11.2. The fourth-order valence-corrected chi connectivity index (χ4v) is 2.68. The number of halogens is 1. The highest BCUT2D eigenvalue weighted by Crippen LogP contribution is 2.21. The molecule has 0 fully saturated rings. The van der Waals surface area contributed by atoms with Crippen LogP contribution in [0.4, 0.5) is 4.79 Å². The first-order chi connectivity index (χ1) is 9.20. The monoisotopic (exact) mass is 318 g/mol. The van der Waals surface area contributed by atoms with Gasteiger partial charge in [0.25, 0.3) is 0 Å². The molecule has 1 aromatic rings. The SMILES string of the molecule is CC(C)(C)N(CCC(=O)O)C(=O)NCc1ccc(Cl)s1. The molecule has 0 saturated carbocycles. The fraction of sp³-hybridized carbons (Fsp3) is 0.538. The molecule has 0 aliphatic carbocycles. The molecule has 0 spiro atoms. The number of aliphatic carboxylic acids is 1. The van der Waals surface area contributed by atoms with Gasteiger partial charge in [-0.2, -0.15) is 0 Å². The van der Waals surface area contributed by atoms with E-state index < -0.39 is 11.5 Å². The molecule has 0 aliphatic heterocycles. The average molecular weight is 319 g/mol. The largest absolute Gasteiger partial charge is 0.481 e. The van der Waals surface area contributed by atoms with E-state index in [2.05, 4.69) is 5.32 Å². The maximum atomic E-state index is 12.2. The second kappa shape index (κ2) is 6.95. The van der Waals surface area contributed by atoms with Crippen molar-refractivity contribution < 1.29 is 14.7 Å². The summed E-state index contributed by atoms with van der Waals surface area (Å²) in [5.41, 5.74) is -0.438. The molecule has 7 heteroatoms. The van der Waals surface area contributed by atoms with E-state index in [1.165, 1.54) is 16.2 Å². The molecule has 0 atom stereocenters. The number of amides is 2. The third-order valence-electron chi connectivity index (χ3n) is 2.65. The number of carboxylic acid groups (broad SMARTS) is 1. The number of nitrogens with zero attached hydrogens (tertiary/aromatic N) is 1. The minimum Gasteiger partial charge on any atom is -0.481 e. The summed E-state index contributed by atoms with van der Waals surface area (Å²) >= 11 is 7.23. The molecule has 5 nitrogen and oxygen atoms in total. The Morgan fingerprint density at radius 3 is 2.50 bits per heavy atom. The summed E-state index contributed by atoms with van der Waals surface area (Å²) in [6.45, 7) is 6.18. The van der Waals surface area contributed by atoms with Gasteiger partial charge in [-0.25, -0.2) is 4.79 Å². The predicted molar refractivity (Wildman–Crippen MR) is 80.3 cm³/mol. The van der Waals surface area contributed by atoms with Crippen molar-refractivity contribution in [2.45, 2.75) is 39.3 Å². The maximum absolute atomic E-state index is 12.2. The van der Waals surface area contributed by atoms with Gasteiger partial charge in [0.05, 0.1) is 17.3 Å². The molecule has 1 aromatic heterocycles. The predicted octanol–water partition coefficient (Wildman–Crippen LogP) is 3.19. The molecule has 0 aromatic carbocycles. The second-order valence-corrected chi connectivity index (χ2v) is 7.13. The third kappa shape index (κ3) is 5.38. The standard InChI is InChI=1S/C13H19ClN2O3S/c1-13(2,3)16(7-6-11(17)18)12(19)15-8-9-4-5-10(14)20-9/h4-5H,6-8H2,1-3H3,(H,15,19)(H,17,18). The Hall–Kier alpha value is -1.27. The van der Waals surface area contributed by atoms with Crippen LogP contribution >= 0.6 is 22.9 Å². The molecule has 1 heterocycles.